The van der Waals surface area contributed by atoms with E-state index in [4.69, 9.17) is 4.74 Å². The fourth-order valence-electron chi connectivity index (χ4n) is 1.54. The summed E-state index contributed by atoms with van der Waals surface area (Å²) in [5, 5.41) is 10.3. The summed E-state index contributed by atoms with van der Waals surface area (Å²) < 4.78 is 4.91. The highest BCUT2D eigenvalue weighted by molar-refractivity contribution is 5.79. The van der Waals surface area contributed by atoms with Gasteiger partial charge in [0.1, 0.15) is 6.61 Å². The molecule has 0 amide bonds. The Labute approximate surface area is 102 Å². The number of aliphatic hydroxyl groups is 1. The first-order valence-electron chi connectivity index (χ1n) is 5.67. The second-order valence-corrected chi connectivity index (χ2v) is 3.93. The normalized spacial score (nSPS) is 13.8. The average Bonchev–Trinajstić information content (AvgIpc) is 2.36. The Morgan fingerprint density at radius 1 is 1.47 bits per heavy atom. The zero-order valence-corrected chi connectivity index (χ0v) is 10.1. The molecule has 3 nitrogen and oxygen atoms in total. The molecule has 0 radical (unpaired) electrons. The lowest BCUT2D eigenvalue weighted by atomic mass is 9.92. The van der Waals surface area contributed by atoms with Crippen LogP contribution in [0.1, 0.15) is 18.9 Å². The van der Waals surface area contributed by atoms with Gasteiger partial charge in [0.15, 0.2) is 5.60 Å². The number of carbonyl (C=O) groups is 1. The van der Waals surface area contributed by atoms with Crippen molar-refractivity contribution in [2.45, 2.75) is 25.4 Å². The molecular formula is C14H18O3. The van der Waals surface area contributed by atoms with Crippen LogP contribution in [0.2, 0.25) is 0 Å². The summed E-state index contributed by atoms with van der Waals surface area (Å²) in [7, 11) is 0. The molecule has 1 rings (SSSR count). The van der Waals surface area contributed by atoms with Crippen molar-refractivity contribution < 1.29 is 14.6 Å². The predicted octanol–water partition coefficient (Wildman–Crippen LogP) is 2.10. The lowest BCUT2D eigenvalue weighted by molar-refractivity contribution is -0.164. The third-order valence-corrected chi connectivity index (χ3v) is 2.64. The van der Waals surface area contributed by atoms with Gasteiger partial charge in [-0.2, -0.15) is 0 Å². The number of ether oxygens (including phenoxy) is 1. The molecule has 0 saturated heterocycles. The quantitative estimate of drug-likeness (QED) is 0.605. The van der Waals surface area contributed by atoms with E-state index in [2.05, 4.69) is 6.58 Å². The Bertz CT molecular complexity index is 372. The highest BCUT2D eigenvalue weighted by Gasteiger charge is 2.35. The fourth-order valence-corrected chi connectivity index (χ4v) is 1.54. The van der Waals surface area contributed by atoms with E-state index in [0.717, 1.165) is 5.56 Å². The zero-order valence-electron chi connectivity index (χ0n) is 10.1. The Morgan fingerprint density at radius 3 is 2.65 bits per heavy atom. The van der Waals surface area contributed by atoms with E-state index in [1.54, 1.807) is 6.92 Å². The maximum Gasteiger partial charge on any atom is 0.338 e. The van der Waals surface area contributed by atoms with Crippen molar-refractivity contribution >= 4 is 5.97 Å². The van der Waals surface area contributed by atoms with Crippen molar-refractivity contribution in [3.63, 3.8) is 0 Å². The predicted molar refractivity (Wildman–Crippen MR) is 66.5 cm³/mol. The largest absolute Gasteiger partial charge is 0.459 e. The van der Waals surface area contributed by atoms with Gasteiger partial charge in [0.05, 0.1) is 0 Å². The molecule has 1 unspecified atom stereocenters. The Hall–Kier alpha value is -1.61. The third kappa shape index (κ3) is 3.71. The Kier molecular flexibility index (Phi) is 4.91. The van der Waals surface area contributed by atoms with Crippen LogP contribution in [0.4, 0.5) is 0 Å². The summed E-state index contributed by atoms with van der Waals surface area (Å²) in [4.78, 5) is 11.7. The van der Waals surface area contributed by atoms with Gasteiger partial charge in [0.2, 0.25) is 0 Å². The molecule has 1 aromatic rings. The van der Waals surface area contributed by atoms with Gasteiger partial charge in [-0.25, -0.2) is 4.79 Å². The molecule has 1 N–H and O–H groups in total. The monoisotopic (exact) mass is 234 g/mol. The molecule has 0 aliphatic carbocycles. The van der Waals surface area contributed by atoms with Crippen LogP contribution >= 0.6 is 0 Å². The lowest BCUT2D eigenvalue weighted by Gasteiger charge is -2.24. The number of rotatable bonds is 6. The number of carbonyl (C=O) groups excluding carboxylic acids is 1. The van der Waals surface area contributed by atoms with Crippen molar-refractivity contribution in [2.24, 2.45) is 0 Å². The van der Waals surface area contributed by atoms with Crippen LogP contribution in [0.15, 0.2) is 43.0 Å². The second kappa shape index (κ2) is 6.21. The maximum absolute atomic E-state index is 11.7. The SMILES string of the molecule is C=CCOC(=O)C(O)(CC)Cc1ccccc1. The summed E-state index contributed by atoms with van der Waals surface area (Å²) in [6.07, 6.45) is 2.06. The highest BCUT2D eigenvalue weighted by Crippen LogP contribution is 2.19. The fraction of sp³-hybridized carbons (Fsp3) is 0.357. The molecule has 17 heavy (non-hydrogen) atoms. The molecule has 0 saturated carbocycles. The number of hydrogen-bond acceptors (Lipinski definition) is 3. The topological polar surface area (TPSA) is 46.5 Å². The van der Waals surface area contributed by atoms with E-state index in [9.17, 15) is 9.90 Å². The van der Waals surface area contributed by atoms with Gasteiger partial charge in [0.25, 0.3) is 0 Å². The lowest BCUT2D eigenvalue weighted by Crippen LogP contribution is -2.41. The van der Waals surface area contributed by atoms with Crippen molar-refractivity contribution in [1.82, 2.24) is 0 Å². The highest BCUT2D eigenvalue weighted by atomic mass is 16.5. The van der Waals surface area contributed by atoms with Gasteiger partial charge in [-0.3, -0.25) is 0 Å². The molecule has 3 heteroatoms. The van der Waals surface area contributed by atoms with Crippen molar-refractivity contribution in [3.8, 4) is 0 Å². The molecule has 0 spiro atoms. The maximum atomic E-state index is 11.7. The first kappa shape index (κ1) is 13.5. The molecule has 0 bridgehead atoms. The molecule has 0 fully saturated rings. The molecule has 0 aromatic heterocycles. The first-order valence-corrected chi connectivity index (χ1v) is 5.67. The molecule has 1 aromatic carbocycles. The zero-order chi connectivity index (χ0) is 12.7. The Morgan fingerprint density at radius 2 is 2.12 bits per heavy atom. The Balaban J connectivity index is 2.74. The van der Waals surface area contributed by atoms with Crippen LogP contribution in [-0.2, 0) is 16.0 Å². The van der Waals surface area contributed by atoms with Crippen molar-refractivity contribution in [2.75, 3.05) is 6.61 Å². The van der Waals surface area contributed by atoms with Gasteiger partial charge < -0.3 is 9.84 Å². The molecule has 0 aliphatic rings. The van der Waals surface area contributed by atoms with Gasteiger partial charge in [-0.05, 0) is 12.0 Å². The minimum absolute atomic E-state index is 0.121. The smallest absolute Gasteiger partial charge is 0.338 e. The van der Waals surface area contributed by atoms with Crippen LogP contribution in [0, 0.1) is 0 Å². The summed E-state index contributed by atoms with van der Waals surface area (Å²) in [5.74, 6) is -0.594. The van der Waals surface area contributed by atoms with Crippen molar-refractivity contribution in [3.05, 3.63) is 48.6 Å². The molecule has 0 aliphatic heterocycles. The standard InChI is InChI=1S/C14H18O3/c1-3-10-17-13(15)14(16,4-2)11-12-8-6-5-7-9-12/h3,5-9,16H,1,4,10-11H2,2H3. The molecular weight excluding hydrogens is 216 g/mol. The van der Waals surface area contributed by atoms with Gasteiger partial charge in [0, 0.05) is 6.42 Å². The van der Waals surface area contributed by atoms with Crippen LogP contribution in [0.3, 0.4) is 0 Å². The minimum atomic E-state index is -1.45. The van der Waals surface area contributed by atoms with Gasteiger partial charge in [-0.15, -0.1) is 0 Å². The number of hydrogen-bond donors (Lipinski definition) is 1. The van der Waals surface area contributed by atoms with E-state index in [-0.39, 0.29) is 13.0 Å². The van der Waals surface area contributed by atoms with Gasteiger partial charge >= 0.3 is 5.97 Å². The van der Waals surface area contributed by atoms with E-state index < -0.39 is 11.6 Å². The van der Waals surface area contributed by atoms with Gasteiger partial charge in [-0.1, -0.05) is 49.9 Å². The van der Waals surface area contributed by atoms with Crippen molar-refractivity contribution in [1.29, 1.82) is 0 Å². The average molecular weight is 234 g/mol. The summed E-state index contributed by atoms with van der Waals surface area (Å²) in [6, 6.07) is 9.40. The summed E-state index contributed by atoms with van der Waals surface area (Å²) in [6.45, 7) is 5.35. The summed E-state index contributed by atoms with van der Waals surface area (Å²) in [5.41, 5.74) is -0.544. The number of benzene rings is 1. The van der Waals surface area contributed by atoms with Crippen LogP contribution in [-0.4, -0.2) is 23.3 Å². The first-order chi connectivity index (χ1) is 8.12. The minimum Gasteiger partial charge on any atom is -0.459 e. The van der Waals surface area contributed by atoms with E-state index in [1.165, 1.54) is 6.08 Å². The van der Waals surface area contributed by atoms with E-state index >= 15 is 0 Å². The molecule has 92 valence electrons. The number of esters is 1. The van der Waals surface area contributed by atoms with Crippen LogP contribution < -0.4 is 0 Å². The summed E-state index contributed by atoms with van der Waals surface area (Å²) >= 11 is 0. The van der Waals surface area contributed by atoms with Crippen LogP contribution in [0.25, 0.3) is 0 Å². The van der Waals surface area contributed by atoms with E-state index in [0.29, 0.717) is 6.42 Å². The molecule has 1 atom stereocenters. The molecule has 0 heterocycles. The van der Waals surface area contributed by atoms with E-state index in [1.807, 2.05) is 30.3 Å². The second-order valence-electron chi connectivity index (χ2n) is 3.93. The van der Waals surface area contributed by atoms with Crippen LogP contribution in [0.5, 0.6) is 0 Å². The third-order valence-electron chi connectivity index (χ3n) is 2.64.